The quantitative estimate of drug-likeness (QED) is 0.364. The van der Waals surface area contributed by atoms with Crippen molar-refractivity contribution in [2.45, 2.75) is 104 Å². The van der Waals surface area contributed by atoms with Crippen molar-refractivity contribution in [1.82, 2.24) is 15.3 Å². The second-order valence-corrected chi connectivity index (χ2v) is 17.0. The van der Waals surface area contributed by atoms with Gasteiger partial charge in [-0.2, -0.15) is 0 Å². The molecule has 204 valence electrons. The van der Waals surface area contributed by atoms with Gasteiger partial charge in [-0.05, 0) is 63.4 Å². The second kappa shape index (κ2) is 11.9. The van der Waals surface area contributed by atoms with Crippen molar-refractivity contribution in [3.63, 3.8) is 0 Å². The molecule has 8 nitrogen and oxygen atoms in total. The Balaban J connectivity index is 1.76. The molecule has 0 radical (unpaired) electrons. The SMILES string of the molecule is CC(=O)N[C@@H]1CCC[C@H](C(=O)Nc2cc3c(NC(C)C)nc(CCO[Si](C)(C)C(C)(C)C)cc3cn2)C1. The zero-order valence-electron chi connectivity index (χ0n) is 23.8. The zero-order chi connectivity index (χ0) is 27.4. The summed E-state index contributed by atoms with van der Waals surface area (Å²) in [5.74, 6) is 1.06. The highest BCUT2D eigenvalue weighted by molar-refractivity contribution is 6.74. The summed E-state index contributed by atoms with van der Waals surface area (Å²) in [7, 11) is -1.82. The summed E-state index contributed by atoms with van der Waals surface area (Å²) < 4.78 is 6.37. The summed E-state index contributed by atoms with van der Waals surface area (Å²) in [6.07, 6.45) is 5.83. The Morgan fingerprint density at radius 1 is 1.19 bits per heavy atom. The number of nitrogens with zero attached hydrogens (tertiary/aromatic N) is 2. The van der Waals surface area contributed by atoms with Crippen LogP contribution in [0.4, 0.5) is 11.6 Å². The van der Waals surface area contributed by atoms with Crippen LogP contribution in [0, 0.1) is 5.92 Å². The number of anilines is 2. The third-order valence-corrected chi connectivity index (χ3v) is 12.1. The number of fused-ring (bicyclic) bond motifs is 1. The van der Waals surface area contributed by atoms with E-state index in [-0.39, 0.29) is 34.9 Å². The summed E-state index contributed by atoms with van der Waals surface area (Å²) in [4.78, 5) is 33.9. The molecule has 1 saturated carbocycles. The van der Waals surface area contributed by atoms with Gasteiger partial charge in [-0.1, -0.05) is 27.2 Å². The van der Waals surface area contributed by atoms with Gasteiger partial charge >= 0.3 is 0 Å². The van der Waals surface area contributed by atoms with E-state index < -0.39 is 8.32 Å². The molecule has 0 saturated heterocycles. The summed E-state index contributed by atoms with van der Waals surface area (Å²) >= 11 is 0. The summed E-state index contributed by atoms with van der Waals surface area (Å²) in [5, 5.41) is 11.5. The molecular formula is C28H45N5O3Si. The Labute approximate surface area is 222 Å². The van der Waals surface area contributed by atoms with Gasteiger partial charge in [0.05, 0.1) is 0 Å². The lowest BCUT2D eigenvalue weighted by Crippen LogP contribution is -2.41. The molecule has 0 bridgehead atoms. The Bertz CT molecular complexity index is 1110. The minimum absolute atomic E-state index is 0.0485. The molecule has 3 N–H and O–H groups in total. The standard InChI is InChI=1S/C28H45N5O3Si/c1-18(2)30-26-24-16-25(33-27(35)20-10-9-11-22(14-20)31-19(3)34)29-17-21(24)15-23(32-26)12-13-36-37(7,8)28(4,5)6/h15-18,20,22H,9-14H2,1-8H3,(H,30,32)(H,31,34)(H,29,33,35)/t20-,22+/m0/s1. The first-order valence-electron chi connectivity index (χ1n) is 13.5. The molecule has 2 heterocycles. The molecule has 2 amide bonds. The number of hydrogen-bond acceptors (Lipinski definition) is 6. The van der Waals surface area contributed by atoms with E-state index >= 15 is 0 Å². The van der Waals surface area contributed by atoms with E-state index in [1.54, 1.807) is 6.20 Å². The van der Waals surface area contributed by atoms with Crippen molar-refractivity contribution < 1.29 is 14.0 Å². The fourth-order valence-corrected chi connectivity index (χ4v) is 5.53. The fraction of sp³-hybridized carbons (Fsp3) is 0.643. The third-order valence-electron chi connectivity index (χ3n) is 7.52. The van der Waals surface area contributed by atoms with Crippen LogP contribution in [0.5, 0.6) is 0 Å². The van der Waals surface area contributed by atoms with Gasteiger partial charge in [0.15, 0.2) is 8.32 Å². The van der Waals surface area contributed by atoms with Gasteiger partial charge in [0, 0.05) is 60.6 Å². The monoisotopic (exact) mass is 527 g/mol. The average molecular weight is 528 g/mol. The van der Waals surface area contributed by atoms with Crippen LogP contribution in [-0.4, -0.2) is 48.8 Å². The van der Waals surface area contributed by atoms with Crippen LogP contribution in [0.2, 0.25) is 18.1 Å². The maximum Gasteiger partial charge on any atom is 0.228 e. The van der Waals surface area contributed by atoms with Crippen LogP contribution in [0.25, 0.3) is 10.8 Å². The number of pyridine rings is 2. The normalized spacial score (nSPS) is 18.6. The molecule has 3 rings (SSSR count). The highest BCUT2D eigenvalue weighted by atomic mass is 28.4. The summed E-state index contributed by atoms with van der Waals surface area (Å²) in [6.45, 7) is 17.6. The van der Waals surface area contributed by atoms with Crippen molar-refractivity contribution in [1.29, 1.82) is 0 Å². The van der Waals surface area contributed by atoms with Crippen molar-refractivity contribution in [2.75, 3.05) is 17.2 Å². The molecule has 2 aromatic rings. The molecule has 0 aromatic carbocycles. The predicted molar refractivity (Wildman–Crippen MR) is 153 cm³/mol. The van der Waals surface area contributed by atoms with Gasteiger partial charge in [-0.25, -0.2) is 9.97 Å². The largest absolute Gasteiger partial charge is 0.416 e. The van der Waals surface area contributed by atoms with Crippen molar-refractivity contribution >= 4 is 42.5 Å². The van der Waals surface area contributed by atoms with Gasteiger partial charge in [0.1, 0.15) is 11.6 Å². The first kappa shape index (κ1) is 29.0. The van der Waals surface area contributed by atoms with E-state index in [0.717, 1.165) is 48.0 Å². The summed E-state index contributed by atoms with van der Waals surface area (Å²) in [5.41, 5.74) is 0.958. The Morgan fingerprint density at radius 2 is 1.92 bits per heavy atom. The number of carbonyl (C=O) groups excluding carboxylic acids is 2. The fourth-order valence-electron chi connectivity index (χ4n) is 4.48. The van der Waals surface area contributed by atoms with Crippen LogP contribution in [0.3, 0.4) is 0 Å². The molecule has 2 aromatic heterocycles. The lowest BCUT2D eigenvalue weighted by molar-refractivity contribution is -0.123. The topological polar surface area (TPSA) is 105 Å². The minimum Gasteiger partial charge on any atom is -0.416 e. The smallest absolute Gasteiger partial charge is 0.228 e. The summed E-state index contributed by atoms with van der Waals surface area (Å²) in [6, 6.07) is 4.22. The van der Waals surface area contributed by atoms with Gasteiger partial charge in [0.2, 0.25) is 11.8 Å². The van der Waals surface area contributed by atoms with E-state index in [9.17, 15) is 9.59 Å². The lowest BCUT2D eigenvalue weighted by atomic mass is 9.85. The number of hydrogen-bond donors (Lipinski definition) is 3. The number of carbonyl (C=O) groups is 2. The van der Waals surface area contributed by atoms with Crippen LogP contribution >= 0.6 is 0 Å². The van der Waals surface area contributed by atoms with Crippen molar-refractivity contribution in [2.24, 2.45) is 5.92 Å². The molecule has 0 aliphatic heterocycles. The first-order chi connectivity index (χ1) is 17.2. The minimum atomic E-state index is -1.82. The number of amides is 2. The Hall–Kier alpha value is -2.52. The van der Waals surface area contributed by atoms with Gasteiger partial charge in [-0.3, -0.25) is 9.59 Å². The van der Waals surface area contributed by atoms with Crippen LogP contribution < -0.4 is 16.0 Å². The molecule has 2 atom stereocenters. The lowest BCUT2D eigenvalue weighted by Gasteiger charge is -2.36. The second-order valence-electron chi connectivity index (χ2n) is 12.2. The van der Waals surface area contributed by atoms with E-state index in [2.05, 4.69) is 74.7 Å². The molecule has 1 aliphatic rings. The number of rotatable bonds is 9. The Kier molecular flexibility index (Phi) is 9.34. The number of nitrogens with one attached hydrogen (secondary N) is 3. The van der Waals surface area contributed by atoms with E-state index in [1.165, 1.54) is 6.92 Å². The maximum absolute atomic E-state index is 13.0. The molecular weight excluding hydrogens is 482 g/mol. The molecule has 0 unspecified atom stereocenters. The predicted octanol–water partition coefficient (Wildman–Crippen LogP) is 5.65. The van der Waals surface area contributed by atoms with Crippen LogP contribution in [0.1, 0.15) is 72.9 Å². The highest BCUT2D eigenvalue weighted by Crippen LogP contribution is 2.36. The van der Waals surface area contributed by atoms with Crippen LogP contribution in [-0.2, 0) is 20.4 Å². The molecule has 9 heteroatoms. The van der Waals surface area contributed by atoms with Crippen molar-refractivity contribution in [3.05, 3.63) is 24.0 Å². The van der Waals surface area contributed by atoms with E-state index in [4.69, 9.17) is 9.41 Å². The molecule has 1 fully saturated rings. The van der Waals surface area contributed by atoms with Gasteiger partial charge in [0.25, 0.3) is 0 Å². The Morgan fingerprint density at radius 3 is 2.57 bits per heavy atom. The number of aromatic nitrogens is 2. The molecule has 1 aliphatic carbocycles. The molecule has 0 spiro atoms. The maximum atomic E-state index is 13.0. The third kappa shape index (κ3) is 7.98. The van der Waals surface area contributed by atoms with Crippen LogP contribution in [0.15, 0.2) is 18.3 Å². The van der Waals surface area contributed by atoms with E-state index in [0.29, 0.717) is 18.8 Å². The zero-order valence-corrected chi connectivity index (χ0v) is 24.8. The first-order valence-corrected chi connectivity index (χ1v) is 16.4. The molecule has 37 heavy (non-hydrogen) atoms. The van der Waals surface area contributed by atoms with Crippen molar-refractivity contribution in [3.8, 4) is 0 Å². The van der Waals surface area contributed by atoms with Gasteiger partial charge < -0.3 is 20.4 Å². The van der Waals surface area contributed by atoms with E-state index in [1.807, 2.05) is 6.07 Å². The van der Waals surface area contributed by atoms with Gasteiger partial charge in [-0.15, -0.1) is 0 Å². The average Bonchev–Trinajstić information content (AvgIpc) is 2.78. The highest BCUT2D eigenvalue weighted by Gasteiger charge is 2.37.